The quantitative estimate of drug-likeness (QED) is 0.346. The van der Waals surface area contributed by atoms with Crippen molar-refractivity contribution in [2.24, 2.45) is 0 Å². The predicted octanol–water partition coefficient (Wildman–Crippen LogP) is 8.52. The molecule has 2 heteroatoms. The molecule has 1 aliphatic carbocycles. The summed E-state index contributed by atoms with van der Waals surface area (Å²) in [5, 5.41) is 0. The first-order chi connectivity index (χ1) is 12.6. The Bertz CT molecular complexity index is 506. The van der Waals surface area contributed by atoms with Crippen molar-refractivity contribution in [2.45, 2.75) is 102 Å². The summed E-state index contributed by atoms with van der Waals surface area (Å²) in [5.74, 6) is -2.13. The Morgan fingerprint density at radius 1 is 0.885 bits per heavy atom. The lowest BCUT2D eigenvalue weighted by molar-refractivity contribution is -0.0382. The van der Waals surface area contributed by atoms with Crippen LogP contribution in [0.25, 0.3) is 6.08 Å². The molecule has 0 unspecified atom stereocenters. The average molecular weight is 363 g/mol. The number of hydrogen-bond donors (Lipinski definition) is 0. The molecule has 0 aromatic heterocycles. The van der Waals surface area contributed by atoms with Crippen LogP contribution in [0.2, 0.25) is 0 Å². The topological polar surface area (TPSA) is 0 Å². The van der Waals surface area contributed by atoms with Crippen molar-refractivity contribution in [3.8, 4) is 0 Å². The van der Waals surface area contributed by atoms with E-state index in [-0.39, 0.29) is 12.8 Å². The highest BCUT2D eigenvalue weighted by atomic mass is 19.3. The summed E-state index contributed by atoms with van der Waals surface area (Å²) < 4.78 is 26.5. The third kappa shape index (κ3) is 8.01. The van der Waals surface area contributed by atoms with E-state index in [4.69, 9.17) is 0 Å². The molecule has 1 aliphatic rings. The molecule has 26 heavy (non-hydrogen) atoms. The molecule has 0 heterocycles. The normalized spacial score (nSPS) is 17.8. The van der Waals surface area contributed by atoms with Crippen molar-refractivity contribution in [1.82, 2.24) is 0 Å². The van der Waals surface area contributed by atoms with Crippen LogP contribution >= 0.6 is 0 Å². The minimum absolute atomic E-state index is 0.0396. The summed E-state index contributed by atoms with van der Waals surface area (Å²) >= 11 is 0. The third-order valence-electron chi connectivity index (χ3n) is 5.66. The summed E-state index contributed by atoms with van der Waals surface area (Å²) in [4.78, 5) is 0. The van der Waals surface area contributed by atoms with Crippen LogP contribution in [0.1, 0.15) is 107 Å². The molecular weight excluding hydrogens is 326 g/mol. The molecule has 2 rings (SSSR count). The molecule has 0 spiro atoms. The van der Waals surface area contributed by atoms with Gasteiger partial charge in [0, 0.05) is 12.8 Å². The van der Waals surface area contributed by atoms with E-state index in [1.807, 2.05) is 0 Å². The largest absolute Gasteiger partial charge is 0.248 e. The van der Waals surface area contributed by atoms with E-state index in [1.54, 1.807) is 0 Å². The molecule has 146 valence electrons. The Balaban J connectivity index is 1.61. The second kappa shape index (κ2) is 11.5. The highest BCUT2D eigenvalue weighted by molar-refractivity contribution is 5.49. The van der Waals surface area contributed by atoms with Gasteiger partial charge < -0.3 is 0 Å². The number of halogens is 2. The zero-order valence-electron chi connectivity index (χ0n) is 16.5. The summed E-state index contributed by atoms with van der Waals surface area (Å²) in [7, 11) is 0. The number of unbranched alkanes of at least 4 members (excludes halogenated alkanes) is 8. The number of alkyl halides is 2. The van der Waals surface area contributed by atoms with Crippen molar-refractivity contribution < 1.29 is 8.78 Å². The fourth-order valence-corrected chi connectivity index (χ4v) is 3.87. The van der Waals surface area contributed by atoms with Crippen molar-refractivity contribution in [3.05, 3.63) is 41.5 Å². The standard InChI is InChI=1S/C24H36F2/c1-2-3-4-5-6-7-8-9-10-11-12-21-13-15-22(16-14-21)23-17-19-24(25,26)20-18-23/h11-16,23H,2-10,17-20H2,1H3/b12-11+. The van der Waals surface area contributed by atoms with E-state index in [1.165, 1.54) is 62.5 Å². The van der Waals surface area contributed by atoms with Crippen molar-refractivity contribution in [2.75, 3.05) is 0 Å². The van der Waals surface area contributed by atoms with Gasteiger partial charge in [0.1, 0.15) is 0 Å². The van der Waals surface area contributed by atoms with E-state index < -0.39 is 5.92 Å². The summed E-state index contributed by atoms with van der Waals surface area (Å²) in [6.45, 7) is 2.26. The van der Waals surface area contributed by atoms with Gasteiger partial charge in [-0.1, -0.05) is 88.3 Å². The van der Waals surface area contributed by atoms with Gasteiger partial charge in [-0.25, -0.2) is 8.78 Å². The Morgan fingerprint density at radius 2 is 1.46 bits per heavy atom. The molecule has 0 atom stereocenters. The van der Waals surface area contributed by atoms with Crippen LogP contribution in [0.15, 0.2) is 30.3 Å². The SMILES string of the molecule is CCCCCCCCCC/C=C/c1ccc(C2CCC(F)(F)CC2)cc1. The first-order valence-electron chi connectivity index (χ1n) is 10.7. The summed E-state index contributed by atoms with van der Waals surface area (Å²) in [5.41, 5.74) is 2.44. The van der Waals surface area contributed by atoms with Gasteiger partial charge >= 0.3 is 0 Å². The first kappa shape index (κ1) is 21.1. The van der Waals surface area contributed by atoms with Gasteiger partial charge in [-0.15, -0.1) is 0 Å². The van der Waals surface area contributed by atoms with Crippen LogP contribution in [0.5, 0.6) is 0 Å². The minimum Gasteiger partial charge on any atom is -0.207 e. The molecule has 1 fully saturated rings. The molecule has 0 saturated heterocycles. The Hall–Kier alpha value is -1.18. The van der Waals surface area contributed by atoms with Crippen molar-refractivity contribution in [3.63, 3.8) is 0 Å². The maximum absolute atomic E-state index is 13.3. The average Bonchev–Trinajstić information content (AvgIpc) is 2.64. The number of benzene rings is 1. The molecule has 0 nitrogen and oxygen atoms in total. The number of allylic oxidation sites excluding steroid dienone is 1. The van der Waals surface area contributed by atoms with E-state index in [9.17, 15) is 8.78 Å². The highest BCUT2D eigenvalue weighted by Crippen LogP contribution is 2.40. The minimum atomic E-state index is -2.44. The number of rotatable bonds is 11. The van der Waals surface area contributed by atoms with Crippen LogP contribution in [0.3, 0.4) is 0 Å². The monoisotopic (exact) mass is 362 g/mol. The summed E-state index contributed by atoms with van der Waals surface area (Å²) in [6.07, 6.45) is 17.8. The molecule has 1 aromatic rings. The molecule has 0 N–H and O–H groups in total. The molecular formula is C24H36F2. The molecule has 0 radical (unpaired) electrons. The van der Waals surface area contributed by atoms with Gasteiger partial charge in [0.25, 0.3) is 0 Å². The zero-order chi connectivity index (χ0) is 18.7. The summed E-state index contributed by atoms with van der Waals surface area (Å²) in [6, 6.07) is 8.52. The second-order valence-electron chi connectivity index (χ2n) is 7.96. The van der Waals surface area contributed by atoms with Crippen molar-refractivity contribution >= 4 is 6.08 Å². The zero-order valence-corrected chi connectivity index (χ0v) is 16.5. The lowest BCUT2D eigenvalue weighted by Crippen LogP contribution is -2.23. The second-order valence-corrected chi connectivity index (χ2v) is 7.96. The maximum Gasteiger partial charge on any atom is 0.248 e. The van der Waals surface area contributed by atoms with Crippen molar-refractivity contribution in [1.29, 1.82) is 0 Å². The van der Waals surface area contributed by atoms with Crippen LogP contribution in [0, 0.1) is 0 Å². The smallest absolute Gasteiger partial charge is 0.207 e. The van der Waals surface area contributed by atoms with E-state index in [0.29, 0.717) is 18.8 Å². The molecule has 0 amide bonds. The fraction of sp³-hybridized carbons (Fsp3) is 0.667. The highest BCUT2D eigenvalue weighted by Gasteiger charge is 2.35. The predicted molar refractivity (Wildman–Crippen MR) is 109 cm³/mol. The van der Waals surface area contributed by atoms with Crippen LogP contribution in [0.4, 0.5) is 8.78 Å². The molecule has 1 saturated carbocycles. The lowest BCUT2D eigenvalue weighted by atomic mass is 9.82. The van der Waals surface area contributed by atoms with E-state index >= 15 is 0 Å². The third-order valence-corrected chi connectivity index (χ3v) is 5.66. The van der Waals surface area contributed by atoms with Gasteiger partial charge in [0.05, 0.1) is 0 Å². The van der Waals surface area contributed by atoms with Crippen LogP contribution < -0.4 is 0 Å². The van der Waals surface area contributed by atoms with Gasteiger partial charge in [-0.2, -0.15) is 0 Å². The van der Waals surface area contributed by atoms with Gasteiger partial charge in [0.2, 0.25) is 5.92 Å². The van der Waals surface area contributed by atoms with E-state index in [0.717, 1.165) is 6.42 Å². The van der Waals surface area contributed by atoms with Crippen LogP contribution in [-0.2, 0) is 0 Å². The van der Waals surface area contributed by atoms with Gasteiger partial charge in [0.15, 0.2) is 0 Å². The molecule has 1 aromatic carbocycles. The number of hydrogen-bond acceptors (Lipinski definition) is 0. The van der Waals surface area contributed by atoms with E-state index in [2.05, 4.69) is 43.3 Å². The molecule has 0 bridgehead atoms. The Morgan fingerprint density at radius 3 is 2.08 bits per heavy atom. The Labute approximate surface area is 159 Å². The van der Waals surface area contributed by atoms with Crippen LogP contribution in [-0.4, -0.2) is 5.92 Å². The lowest BCUT2D eigenvalue weighted by Gasteiger charge is -2.28. The van der Waals surface area contributed by atoms with Gasteiger partial charge in [-0.3, -0.25) is 0 Å². The first-order valence-corrected chi connectivity index (χ1v) is 10.7. The Kier molecular flexibility index (Phi) is 9.36. The van der Waals surface area contributed by atoms with Gasteiger partial charge in [-0.05, 0) is 42.7 Å². The fourth-order valence-electron chi connectivity index (χ4n) is 3.87. The molecule has 0 aliphatic heterocycles. The maximum atomic E-state index is 13.3.